The molecule has 0 aliphatic heterocycles. The molecule has 2 heterocycles. The first kappa shape index (κ1) is 19.1. The van der Waals surface area contributed by atoms with Crippen molar-refractivity contribution in [3.8, 4) is 17.0 Å². The van der Waals surface area contributed by atoms with E-state index in [-0.39, 0.29) is 28.6 Å². The molecule has 25 heavy (non-hydrogen) atoms. The monoisotopic (exact) mass is 404 g/mol. The summed E-state index contributed by atoms with van der Waals surface area (Å²) in [5.41, 5.74) is 1.55. The zero-order valence-electron chi connectivity index (χ0n) is 14.4. The van der Waals surface area contributed by atoms with Gasteiger partial charge in [0.05, 0.1) is 6.20 Å². The van der Waals surface area contributed by atoms with Crippen molar-refractivity contribution >= 4 is 22.6 Å². The van der Waals surface area contributed by atoms with Crippen molar-refractivity contribution in [2.45, 2.75) is 13.0 Å². The molecule has 0 bridgehead atoms. The molecule has 1 aromatic carbocycles. The molecular formula is C18H21BrN4O2. The summed E-state index contributed by atoms with van der Waals surface area (Å²) in [6.07, 6.45) is 4.64. The van der Waals surface area contributed by atoms with E-state index >= 15 is 0 Å². The van der Waals surface area contributed by atoms with Gasteiger partial charge in [-0.25, -0.2) is 0 Å². The van der Waals surface area contributed by atoms with Gasteiger partial charge in [-0.15, -0.1) is 17.0 Å². The highest BCUT2D eigenvalue weighted by molar-refractivity contribution is 8.93. The molecule has 2 aromatic heterocycles. The van der Waals surface area contributed by atoms with Gasteiger partial charge < -0.3 is 9.64 Å². The van der Waals surface area contributed by atoms with Gasteiger partial charge in [0.25, 0.3) is 5.56 Å². The molecule has 0 saturated carbocycles. The molecule has 0 spiro atoms. The van der Waals surface area contributed by atoms with E-state index in [0.29, 0.717) is 17.1 Å². The third-order valence-corrected chi connectivity index (χ3v) is 3.60. The van der Waals surface area contributed by atoms with Gasteiger partial charge in [-0.1, -0.05) is 30.3 Å². The maximum atomic E-state index is 13.0. The van der Waals surface area contributed by atoms with Crippen LogP contribution in [0.25, 0.3) is 16.8 Å². The summed E-state index contributed by atoms with van der Waals surface area (Å²) in [5, 5.41) is 0. The van der Waals surface area contributed by atoms with E-state index in [4.69, 9.17) is 4.74 Å². The Labute approximate surface area is 156 Å². The number of nitrogens with zero attached hydrogens (tertiary/aromatic N) is 4. The topological polar surface area (TPSA) is 59.7 Å². The van der Waals surface area contributed by atoms with E-state index < -0.39 is 0 Å². The first-order valence-electron chi connectivity index (χ1n) is 7.79. The predicted molar refractivity (Wildman–Crippen MR) is 104 cm³/mol. The molecule has 0 N–H and O–H groups in total. The molecule has 1 unspecified atom stereocenters. The Kier molecular flexibility index (Phi) is 6.27. The molecule has 0 amide bonds. The normalized spacial score (nSPS) is 12.0. The van der Waals surface area contributed by atoms with Gasteiger partial charge in [0.2, 0.25) is 5.88 Å². The van der Waals surface area contributed by atoms with Crippen molar-refractivity contribution in [1.82, 2.24) is 19.3 Å². The van der Waals surface area contributed by atoms with Crippen LogP contribution in [0.3, 0.4) is 0 Å². The van der Waals surface area contributed by atoms with Gasteiger partial charge in [0.1, 0.15) is 11.7 Å². The Hall–Kier alpha value is -2.25. The van der Waals surface area contributed by atoms with Crippen LogP contribution >= 0.6 is 17.0 Å². The van der Waals surface area contributed by atoms with Crippen molar-refractivity contribution in [2.75, 3.05) is 20.6 Å². The third kappa shape index (κ3) is 4.24. The minimum absolute atomic E-state index is 0. The number of halogens is 1. The number of hydrogen-bond donors (Lipinski definition) is 0. The molecule has 3 aromatic rings. The van der Waals surface area contributed by atoms with E-state index in [9.17, 15) is 4.79 Å². The quantitative estimate of drug-likeness (QED) is 0.653. The summed E-state index contributed by atoms with van der Waals surface area (Å²) >= 11 is 0. The van der Waals surface area contributed by atoms with Crippen molar-refractivity contribution in [2.24, 2.45) is 0 Å². The van der Waals surface area contributed by atoms with Crippen LogP contribution in [0.4, 0.5) is 0 Å². The van der Waals surface area contributed by atoms with Gasteiger partial charge in [-0.05, 0) is 26.6 Å². The first-order chi connectivity index (χ1) is 11.6. The lowest BCUT2D eigenvalue weighted by Gasteiger charge is -2.20. The van der Waals surface area contributed by atoms with Gasteiger partial charge in [-0.3, -0.25) is 14.2 Å². The fourth-order valence-corrected chi connectivity index (χ4v) is 2.66. The standard InChI is InChI=1S/C18H20N4O2.BrH/c1-13(12-21(2)3)24-17-16(14-7-5-4-6-8-14)18(23)22-10-9-19-11-15(22)20-17;/h4-11,13H,12H2,1-3H3;1H. The van der Waals surface area contributed by atoms with Gasteiger partial charge >= 0.3 is 0 Å². The zero-order chi connectivity index (χ0) is 17.1. The van der Waals surface area contributed by atoms with Crippen LogP contribution in [0.1, 0.15) is 6.92 Å². The highest BCUT2D eigenvalue weighted by Crippen LogP contribution is 2.25. The molecule has 0 aliphatic carbocycles. The number of rotatable bonds is 5. The van der Waals surface area contributed by atoms with Crippen LogP contribution in [0.5, 0.6) is 5.88 Å². The summed E-state index contributed by atoms with van der Waals surface area (Å²) in [7, 11) is 3.95. The van der Waals surface area contributed by atoms with Gasteiger partial charge in [0.15, 0.2) is 5.65 Å². The van der Waals surface area contributed by atoms with E-state index in [1.807, 2.05) is 56.3 Å². The largest absolute Gasteiger partial charge is 0.473 e. The number of hydrogen-bond acceptors (Lipinski definition) is 5. The molecule has 0 saturated heterocycles. The Morgan fingerprint density at radius 3 is 2.64 bits per heavy atom. The van der Waals surface area contributed by atoms with Crippen LogP contribution in [0.2, 0.25) is 0 Å². The first-order valence-corrected chi connectivity index (χ1v) is 7.79. The average Bonchev–Trinajstić information content (AvgIpc) is 2.55. The Balaban J connectivity index is 0.00000225. The summed E-state index contributed by atoms with van der Waals surface area (Å²) in [4.78, 5) is 23.5. The Morgan fingerprint density at radius 2 is 1.96 bits per heavy atom. The predicted octanol–water partition coefficient (Wildman–Crippen LogP) is 2.66. The van der Waals surface area contributed by atoms with E-state index in [2.05, 4.69) is 9.97 Å². The number of benzene rings is 1. The molecule has 0 fully saturated rings. The molecule has 6 nitrogen and oxygen atoms in total. The van der Waals surface area contributed by atoms with Crippen LogP contribution in [-0.4, -0.2) is 46.0 Å². The number of likely N-dealkylation sites (N-methyl/N-ethyl adjacent to an activating group) is 1. The summed E-state index contributed by atoms with van der Waals surface area (Å²) in [6, 6.07) is 9.46. The average molecular weight is 405 g/mol. The summed E-state index contributed by atoms with van der Waals surface area (Å²) < 4.78 is 7.49. The maximum absolute atomic E-state index is 13.0. The van der Waals surface area contributed by atoms with Crippen molar-refractivity contribution < 1.29 is 4.74 Å². The fraction of sp³-hybridized carbons (Fsp3) is 0.278. The minimum atomic E-state index is -0.166. The number of fused-ring (bicyclic) bond motifs is 1. The molecule has 132 valence electrons. The second-order valence-electron chi connectivity index (χ2n) is 5.96. The smallest absolute Gasteiger partial charge is 0.269 e. The Morgan fingerprint density at radius 1 is 1.24 bits per heavy atom. The second kappa shape index (κ2) is 8.22. The van der Waals surface area contributed by atoms with E-state index in [1.165, 1.54) is 4.40 Å². The summed E-state index contributed by atoms with van der Waals surface area (Å²) in [5.74, 6) is 0.341. The van der Waals surface area contributed by atoms with Gasteiger partial charge in [-0.2, -0.15) is 4.98 Å². The molecule has 7 heteroatoms. The fourth-order valence-electron chi connectivity index (χ4n) is 2.66. The summed E-state index contributed by atoms with van der Waals surface area (Å²) in [6.45, 7) is 2.68. The molecular weight excluding hydrogens is 384 g/mol. The Bertz CT molecular complexity index is 896. The molecule has 1 atom stereocenters. The third-order valence-electron chi connectivity index (χ3n) is 3.60. The minimum Gasteiger partial charge on any atom is -0.473 e. The lowest BCUT2D eigenvalue weighted by atomic mass is 10.1. The molecule has 0 aliphatic rings. The van der Waals surface area contributed by atoms with Crippen molar-refractivity contribution in [1.29, 1.82) is 0 Å². The number of ether oxygens (including phenoxy) is 1. The zero-order valence-corrected chi connectivity index (χ0v) is 16.1. The van der Waals surface area contributed by atoms with Crippen LogP contribution < -0.4 is 10.3 Å². The highest BCUT2D eigenvalue weighted by atomic mass is 79.9. The van der Waals surface area contributed by atoms with E-state index in [1.54, 1.807) is 18.6 Å². The van der Waals surface area contributed by atoms with Crippen LogP contribution in [0.15, 0.2) is 53.7 Å². The van der Waals surface area contributed by atoms with Crippen LogP contribution in [-0.2, 0) is 0 Å². The lowest BCUT2D eigenvalue weighted by Crippen LogP contribution is -2.29. The van der Waals surface area contributed by atoms with Gasteiger partial charge in [0, 0.05) is 18.9 Å². The second-order valence-corrected chi connectivity index (χ2v) is 5.96. The highest BCUT2D eigenvalue weighted by Gasteiger charge is 2.18. The van der Waals surface area contributed by atoms with Crippen molar-refractivity contribution in [3.63, 3.8) is 0 Å². The lowest BCUT2D eigenvalue weighted by molar-refractivity contribution is 0.171. The molecule has 0 radical (unpaired) electrons. The van der Waals surface area contributed by atoms with Crippen LogP contribution in [0, 0.1) is 0 Å². The maximum Gasteiger partial charge on any atom is 0.269 e. The van der Waals surface area contributed by atoms with E-state index in [0.717, 1.165) is 12.1 Å². The molecule has 3 rings (SSSR count). The SMILES string of the molecule is Br.CC(CN(C)C)Oc1nc2cnccn2c(=O)c1-c1ccccc1. The van der Waals surface area contributed by atoms with Crippen molar-refractivity contribution in [3.05, 3.63) is 59.3 Å². The number of aromatic nitrogens is 3.